The highest BCUT2D eigenvalue weighted by Gasteiger charge is 2.16. The third-order valence-electron chi connectivity index (χ3n) is 1.94. The van der Waals surface area contributed by atoms with Crippen molar-refractivity contribution in [3.05, 3.63) is 52.1 Å². The number of ketones is 1. The molecule has 0 saturated carbocycles. The topological polar surface area (TPSA) is 43.1 Å². The van der Waals surface area contributed by atoms with Crippen molar-refractivity contribution in [1.82, 2.24) is 4.98 Å². The van der Waals surface area contributed by atoms with E-state index in [9.17, 15) is 4.79 Å². The second-order valence-corrected chi connectivity index (χ2v) is 3.95. The van der Waals surface area contributed by atoms with Gasteiger partial charge in [0.05, 0.1) is 10.7 Å². The molecule has 0 spiro atoms. The third-order valence-corrected chi connectivity index (χ3v) is 2.57. The number of halogens is 1. The van der Waals surface area contributed by atoms with Gasteiger partial charge in [-0.2, -0.15) is 0 Å². The second kappa shape index (κ2) is 3.98. The van der Waals surface area contributed by atoms with E-state index >= 15 is 0 Å². The molecule has 15 heavy (non-hydrogen) atoms. The van der Waals surface area contributed by atoms with Gasteiger partial charge in [0, 0.05) is 5.69 Å². The summed E-state index contributed by atoms with van der Waals surface area (Å²) < 4.78 is 5.73. The van der Waals surface area contributed by atoms with Crippen molar-refractivity contribution < 1.29 is 9.21 Å². The summed E-state index contributed by atoms with van der Waals surface area (Å²) in [5.74, 6) is 0.0728. The van der Waals surface area contributed by atoms with E-state index in [2.05, 4.69) is 20.9 Å². The number of carbonyl (C=O) groups excluding carboxylic acids is 1. The van der Waals surface area contributed by atoms with Gasteiger partial charge in [-0.15, -0.1) is 0 Å². The number of furan rings is 1. The molecule has 0 aliphatic rings. The van der Waals surface area contributed by atoms with Gasteiger partial charge in [-0.05, 0) is 41.1 Å². The molecule has 76 valence electrons. The Balaban J connectivity index is 2.41. The van der Waals surface area contributed by atoms with E-state index in [1.54, 1.807) is 18.2 Å². The van der Waals surface area contributed by atoms with Gasteiger partial charge in [0.1, 0.15) is 5.69 Å². The van der Waals surface area contributed by atoms with Crippen LogP contribution in [0.4, 0.5) is 0 Å². The first-order valence-corrected chi connectivity index (χ1v) is 5.19. The van der Waals surface area contributed by atoms with Gasteiger partial charge in [-0.25, -0.2) is 4.98 Å². The first kappa shape index (κ1) is 10.1. The molecule has 0 unspecified atom stereocenters. The van der Waals surface area contributed by atoms with E-state index in [0.717, 1.165) is 5.69 Å². The number of rotatable bonds is 2. The van der Waals surface area contributed by atoms with Crippen molar-refractivity contribution in [2.75, 3.05) is 0 Å². The van der Waals surface area contributed by atoms with E-state index in [0.29, 0.717) is 10.2 Å². The molecule has 0 bridgehead atoms. The summed E-state index contributed by atoms with van der Waals surface area (Å²) in [7, 11) is 0. The van der Waals surface area contributed by atoms with Gasteiger partial charge in [0.15, 0.2) is 5.76 Å². The fourth-order valence-corrected chi connectivity index (χ4v) is 1.62. The number of aryl methyl sites for hydroxylation is 1. The normalized spacial score (nSPS) is 10.3. The largest absolute Gasteiger partial charge is 0.460 e. The fraction of sp³-hybridized carbons (Fsp3) is 0.0909. The van der Waals surface area contributed by atoms with Gasteiger partial charge in [-0.3, -0.25) is 4.79 Å². The Labute approximate surface area is 95.3 Å². The number of aromatic nitrogens is 1. The smallest absolute Gasteiger partial charge is 0.247 e. The fourth-order valence-electron chi connectivity index (χ4n) is 1.24. The predicted molar refractivity (Wildman–Crippen MR) is 58.8 cm³/mol. The Bertz CT molecular complexity index is 505. The van der Waals surface area contributed by atoms with Crippen LogP contribution in [-0.4, -0.2) is 10.8 Å². The van der Waals surface area contributed by atoms with Gasteiger partial charge in [0.25, 0.3) is 0 Å². The Morgan fingerprint density at radius 3 is 2.80 bits per heavy atom. The zero-order chi connectivity index (χ0) is 10.8. The first-order chi connectivity index (χ1) is 7.18. The Hall–Kier alpha value is -1.42. The van der Waals surface area contributed by atoms with Crippen LogP contribution in [0.2, 0.25) is 0 Å². The number of hydrogen-bond donors (Lipinski definition) is 0. The lowest BCUT2D eigenvalue weighted by Gasteiger charge is -1.98. The molecule has 0 fully saturated rings. The maximum absolute atomic E-state index is 11.9. The van der Waals surface area contributed by atoms with Crippen molar-refractivity contribution in [2.24, 2.45) is 0 Å². The summed E-state index contributed by atoms with van der Waals surface area (Å²) in [4.78, 5) is 16.0. The lowest BCUT2D eigenvalue weighted by molar-refractivity contribution is 0.100. The van der Waals surface area contributed by atoms with E-state index in [-0.39, 0.29) is 11.5 Å². The maximum atomic E-state index is 11.9. The van der Waals surface area contributed by atoms with Crippen molar-refractivity contribution in [3.8, 4) is 0 Å². The molecule has 0 atom stereocenters. The molecule has 4 heteroatoms. The standard InChI is InChI=1S/C11H8BrNO2/c1-7-3-2-4-9(13-7)10(14)11-8(12)5-6-15-11/h2-6H,1H3. The summed E-state index contributed by atoms with van der Waals surface area (Å²) in [6.45, 7) is 1.84. The number of carbonyl (C=O) groups is 1. The van der Waals surface area contributed by atoms with Gasteiger partial charge in [0.2, 0.25) is 5.78 Å². The Kier molecular flexibility index (Phi) is 2.68. The second-order valence-electron chi connectivity index (χ2n) is 3.09. The molecule has 2 aromatic rings. The number of pyridine rings is 1. The zero-order valence-corrected chi connectivity index (χ0v) is 9.61. The highest BCUT2D eigenvalue weighted by Crippen LogP contribution is 2.20. The monoisotopic (exact) mass is 265 g/mol. The highest BCUT2D eigenvalue weighted by atomic mass is 79.9. The molecule has 0 N–H and O–H groups in total. The average Bonchev–Trinajstić information content (AvgIpc) is 2.63. The maximum Gasteiger partial charge on any atom is 0.247 e. The quantitative estimate of drug-likeness (QED) is 0.785. The third kappa shape index (κ3) is 1.99. The van der Waals surface area contributed by atoms with E-state index in [1.165, 1.54) is 6.26 Å². The molecular weight excluding hydrogens is 258 g/mol. The first-order valence-electron chi connectivity index (χ1n) is 4.40. The average molecular weight is 266 g/mol. The Morgan fingerprint density at radius 2 is 2.20 bits per heavy atom. The zero-order valence-electron chi connectivity index (χ0n) is 8.03. The molecule has 2 rings (SSSR count). The summed E-state index contributed by atoms with van der Waals surface area (Å²) in [6.07, 6.45) is 1.47. The molecular formula is C11H8BrNO2. The summed E-state index contributed by atoms with van der Waals surface area (Å²) in [5, 5.41) is 0. The summed E-state index contributed by atoms with van der Waals surface area (Å²) >= 11 is 3.24. The SMILES string of the molecule is Cc1cccc(C(=O)c2occc2Br)n1. The van der Waals surface area contributed by atoms with E-state index < -0.39 is 0 Å². The molecule has 0 aromatic carbocycles. The van der Waals surface area contributed by atoms with Gasteiger partial charge in [-0.1, -0.05) is 6.07 Å². The van der Waals surface area contributed by atoms with Crippen LogP contribution in [0.1, 0.15) is 21.9 Å². The van der Waals surface area contributed by atoms with Crippen molar-refractivity contribution >= 4 is 21.7 Å². The lowest BCUT2D eigenvalue weighted by atomic mass is 10.2. The van der Waals surface area contributed by atoms with E-state index in [1.807, 2.05) is 13.0 Å². The van der Waals surface area contributed by atoms with Crippen LogP contribution in [0.3, 0.4) is 0 Å². The lowest BCUT2D eigenvalue weighted by Crippen LogP contribution is -2.03. The number of hydrogen-bond acceptors (Lipinski definition) is 3. The minimum Gasteiger partial charge on any atom is -0.460 e. The van der Waals surface area contributed by atoms with Crippen LogP contribution in [-0.2, 0) is 0 Å². The van der Waals surface area contributed by atoms with Gasteiger partial charge < -0.3 is 4.42 Å². The predicted octanol–water partition coefficient (Wildman–Crippen LogP) is 2.98. The van der Waals surface area contributed by atoms with Gasteiger partial charge >= 0.3 is 0 Å². The Morgan fingerprint density at radius 1 is 1.40 bits per heavy atom. The summed E-state index contributed by atoms with van der Waals surface area (Å²) in [5.41, 5.74) is 1.20. The molecule has 2 heterocycles. The van der Waals surface area contributed by atoms with Crippen molar-refractivity contribution in [2.45, 2.75) is 6.92 Å². The minimum absolute atomic E-state index is 0.212. The van der Waals surface area contributed by atoms with E-state index in [4.69, 9.17) is 4.42 Å². The summed E-state index contributed by atoms with van der Waals surface area (Å²) in [6, 6.07) is 6.99. The molecule has 0 aliphatic carbocycles. The molecule has 0 amide bonds. The van der Waals surface area contributed by atoms with Crippen LogP contribution in [0, 0.1) is 6.92 Å². The van der Waals surface area contributed by atoms with Crippen LogP contribution in [0.5, 0.6) is 0 Å². The van der Waals surface area contributed by atoms with Crippen LogP contribution in [0.15, 0.2) is 39.4 Å². The number of nitrogens with zero attached hydrogens (tertiary/aromatic N) is 1. The molecule has 0 saturated heterocycles. The van der Waals surface area contributed by atoms with Crippen LogP contribution < -0.4 is 0 Å². The van der Waals surface area contributed by atoms with Crippen molar-refractivity contribution in [1.29, 1.82) is 0 Å². The van der Waals surface area contributed by atoms with Crippen LogP contribution >= 0.6 is 15.9 Å². The molecule has 2 aromatic heterocycles. The minimum atomic E-state index is -0.212. The molecule has 3 nitrogen and oxygen atoms in total. The highest BCUT2D eigenvalue weighted by molar-refractivity contribution is 9.10. The van der Waals surface area contributed by atoms with Crippen LogP contribution in [0.25, 0.3) is 0 Å². The molecule has 0 aliphatic heterocycles. The molecule has 0 radical (unpaired) electrons. The van der Waals surface area contributed by atoms with Crippen molar-refractivity contribution in [3.63, 3.8) is 0 Å².